The fourth-order valence-electron chi connectivity index (χ4n) is 0.950. The lowest BCUT2D eigenvalue weighted by molar-refractivity contribution is 0.181. The fraction of sp³-hybridized carbons (Fsp3) is 0.222. The Balaban J connectivity index is 3.17. The average molecular weight is 244 g/mol. The molecule has 4 heteroatoms. The molecule has 0 aliphatic carbocycles. The van der Waals surface area contributed by atoms with Gasteiger partial charge in [-0.25, -0.2) is 4.39 Å². The molecular formula is C9H7BrFNO. The highest BCUT2D eigenvalue weighted by molar-refractivity contribution is 9.10. The second-order valence-electron chi connectivity index (χ2n) is 2.46. The maximum atomic E-state index is 13.2. The smallest absolute Gasteiger partial charge is 0.131 e. The van der Waals surface area contributed by atoms with Gasteiger partial charge in [0.15, 0.2) is 0 Å². The molecule has 0 amide bonds. The lowest BCUT2D eigenvalue weighted by Gasteiger charge is -2.04. The molecule has 0 saturated heterocycles. The number of nitriles is 1. The van der Waals surface area contributed by atoms with Gasteiger partial charge in [0.2, 0.25) is 0 Å². The van der Waals surface area contributed by atoms with Gasteiger partial charge >= 0.3 is 0 Å². The molecule has 0 heterocycles. The molecule has 68 valence electrons. The summed E-state index contributed by atoms with van der Waals surface area (Å²) in [6.07, 6.45) is 0. The first-order valence-corrected chi connectivity index (χ1v) is 4.35. The molecule has 0 aliphatic rings. The number of nitrogens with zero attached hydrogens (tertiary/aromatic N) is 1. The average Bonchev–Trinajstić information content (AvgIpc) is 2.11. The standard InChI is InChI=1S/C9H7BrFNO/c1-13-5-7-8(10)2-6(4-12)3-9(7)11/h2-3H,5H2,1H3. The Hall–Kier alpha value is -0.920. The molecule has 0 aromatic heterocycles. The van der Waals surface area contributed by atoms with Crippen LogP contribution in [-0.4, -0.2) is 7.11 Å². The summed E-state index contributed by atoms with van der Waals surface area (Å²) in [6, 6.07) is 4.63. The van der Waals surface area contributed by atoms with Crippen LogP contribution in [0.2, 0.25) is 0 Å². The monoisotopic (exact) mass is 243 g/mol. The van der Waals surface area contributed by atoms with Gasteiger partial charge in [0.25, 0.3) is 0 Å². The minimum atomic E-state index is -0.423. The van der Waals surface area contributed by atoms with Crippen molar-refractivity contribution in [3.8, 4) is 6.07 Å². The third-order valence-corrected chi connectivity index (χ3v) is 2.27. The topological polar surface area (TPSA) is 33.0 Å². The lowest BCUT2D eigenvalue weighted by Crippen LogP contribution is -1.95. The van der Waals surface area contributed by atoms with Gasteiger partial charge in [0.1, 0.15) is 5.82 Å². The van der Waals surface area contributed by atoms with Crippen molar-refractivity contribution in [1.82, 2.24) is 0 Å². The van der Waals surface area contributed by atoms with E-state index in [0.717, 1.165) is 0 Å². The van der Waals surface area contributed by atoms with Crippen LogP contribution in [0.1, 0.15) is 11.1 Å². The zero-order valence-corrected chi connectivity index (χ0v) is 8.56. The van der Waals surface area contributed by atoms with E-state index >= 15 is 0 Å². The van der Waals surface area contributed by atoms with Crippen molar-refractivity contribution in [1.29, 1.82) is 5.26 Å². The van der Waals surface area contributed by atoms with Crippen LogP contribution < -0.4 is 0 Å². The van der Waals surface area contributed by atoms with Crippen LogP contribution >= 0.6 is 15.9 Å². The zero-order valence-electron chi connectivity index (χ0n) is 6.97. The fourth-order valence-corrected chi connectivity index (χ4v) is 1.50. The van der Waals surface area contributed by atoms with Crippen LogP contribution in [0.4, 0.5) is 4.39 Å². The molecule has 0 N–H and O–H groups in total. The van der Waals surface area contributed by atoms with Crippen LogP contribution in [0.25, 0.3) is 0 Å². The molecule has 13 heavy (non-hydrogen) atoms. The van der Waals surface area contributed by atoms with E-state index in [4.69, 9.17) is 10.00 Å². The molecule has 1 aromatic carbocycles. The third-order valence-electron chi connectivity index (χ3n) is 1.56. The highest BCUT2D eigenvalue weighted by atomic mass is 79.9. The quantitative estimate of drug-likeness (QED) is 0.801. The molecule has 0 bridgehead atoms. The number of benzene rings is 1. The Labute approximate surface area is 84.1 Å². The lowest BCUT2D eigenvalue weighted by atomic mass is 10.1. The van der Waals surface area contributed by atoms with Gasteiger partial charge in [-0.05, 0) is 12.1 Å². The van der Waals surface area contributed by atoms with Gasteiger partial charge < -0.3 is 4.74 Å². The zero-order chi connectivity index (χ0) is 9.84. The van der Waals surface area contributed by atoms with Crippen molar-refractivity contribution in [2.45, 2.75) is 6.61 Å². The third kappa shape index (κ3) is 2.27. The first-order valence-electron chi connectivity index (χ1n) is 3.56. The number of hydrogen-bond donors (Lipinski definition) is 0. The summed E-state index contributed by atoms with van der Waals surface area (Å²) in [5.41, 5.74) is 0.728. The van der Waals surface area contributed by atoms with Crippen molar-refractivity contribution in [3.05, 3.63) is 33.5 Å². The van der Waals surface area contributed by atoms with E-state index in [2.05, 4.69) is 15.9 Å². The highest BCUT2D eigenvalue weighted by Gasteiger charge is 2.08. The van der Waals surface area contributed by atoms with Gasteiger partial charge in [0.05, 0.1) is 18.2 Å². The molecule has 0 spiro atoms. The van der Waals surface area contributed by atoms with E-state index in [1.165, 1.54) is 13.2 Å². The van der Waals surface area contributed by atoms with Crippen molar-refractivity contribution in [2.75, 3.05) is 7.11 Å². The van der Waals surface area contributed by atoms with Gasteiger partial charge in [-0.3, -0.25) is 0 Å². The summed E-state index contributed by atoms with van der Waals surface area (Å²) < 4.78 is 18.6. The molecule has 2 nitrogen and oxygen atoms in total. The first kappa shape index (κ1) is 10.2. The van der Waals surface area contributed by atoms with Gasteiger partial charge in [0, 0.05) is 17.1 Å². The van der Waals surface area contributed by atoms with Crippen LogP contribution in [0.5, 0.6) is 0 Å². The summed E-state index contributed by atoms with van der Waals surface area (Å²) in [6.45, 7) is 0.193. The number of halogens is 2. The Kier molecular flexibility index (Phi) is 3.40. The van der Waals surface area contributed by atoms with Crippen molar-refractivity contribution in [2.24, 2.45) is 0 Å². The maximum Gasteiger partial charge on any atom is 0.131 e. The van der Waals surface area contributed by atoms with E-state index in [-0.39, 0.29) is 6.61 Å². The molecule has 1 rings (SSSR count). The molecule has 0 fully saturated rings. The summed E-state index contributed by atoms with van der Waals surface area (Å²) >= 11 is 3.17. The normalized spacial score (nSPS) is 9.69. The van der Waals surface area contributed by atoms with E-state index in [9.17, 15) is 4.39 Å². The number of methoxy groups -OCH3 is 1. The Morgan fingerprint density at radius 3 is 2.77 bits per heavy atom. The molecule has 0 atom stereocenters. The highest BCUT2D eigenvalue weighted by Crippen LogP contribution is 2.22. The van der Waals surface area contributed by atoms with Crippen LogP contribution in [0, 0.1) is 17.1 Å². The van der Waals surface area contributed by atoms with Gasteiger partial charge in [-0.2, -0.15) is 5.26 Å². The van der Waals surface area contributed by atoms with E-state index in [1.807, 2.05) is 6.07 Å². The van der Waals surface area contributed by atoms with E-state index in [0.29, 0.717) is 15.6 Å². The molecule has 1 aromatic rings. The van der Waals surface area contributed by atoms with Crippen molar-refractivity contribution < 1.29 is 9.13 Å². The second kappa shape index (κ2) is 4.35. The van der Waals surface area contributed by atoms with Crippen molar-refractivity contribution in [3.63, 3.8) is 0 Å². The van der Waals surface area contributed by atoms with Crippen LogP contribution in [0.3, 0.4) is 0 Å². The van der Waals surface area contributed by atoms with Crippen LogP contribution in [-0.2, 0) is 11.3 Å². The van der Waals surface area contributed by atoms with Crippen molar-refractivity contribution >= 4 is 15.9 Å². The Morgan fingerprint density at radius 1 is 1.62 bits per heavy atom. The van der Waals surface area contributed by atoms with E-state index < -0.39 is 5.82 Å². The number of ether oxygens (including phenoxy) is 1. The minimum absolute atomic E-state index is 0.193. The molecule has 0 radical (unpaired) electrons. The SMILES string of the molecule is COCc1c(F)cc(C#N)cc1Br. The number of rotatable bonds is 2. The largest absolute Gasteiger partial charge is 0.380 e. The Bertz CT molecular complexity index is 336. The maximum absolute atomic E-state index is 13.2. The summed E-state index contributed by atoms with van der Waals surface area (Å²) in [5, 5.41) is 8.54. The molecule has 0 saturated carbocycles. The Morgan fingerprint density at radius 2 is 2.31 bits per heavy atom. The van der Waals surface area contributed by atoms with Gasteiger partial charge in [-0.15, -0.1) is 0 Å². The first-order chi connectivity index (χ1) is 6.19. The predicted octanol–water partition coefficient (Wildman–Crippen LogP) is 2.61. The molecule has 0 aliphatic heterocycles. The number of hydrogen-bond acceptors (Lipinski definition) is 2. The van der Waals surface area contributed by atoms with Crippen LogP contribution in [0.15, 0.2) is 16.6 Å². The molecule has 0 unspecified atom stereocenters. The summed E-state index contributed by atoms with van der Waals surface area (Å²) in [4.78, 5) is 0. The predicted molar refractivity (Wildman–Crippen MR) is 49.5 cm³/mol. The minimum Gasteiger partial charge on any atom is -0.380 e. The van der Waals surface area contributed by atoms with Gasteiger partial charge in [-0.1, -0.05) is 15.9 Å². The summed E-state index contributed by atoms with van der Waals surface area (Å²) in [5.74, 6) is -0.423. The molecular weight excluding hydrogens is 237 g/mol. The summed E-state index contributed by atoms with van der Waals surface area (Å²) in [7, 11) is 1.49. The van der Waals surface area contributed by atoms with E-state index in [1.54, 1.807) is 6.07 Å². The second-order valence-corrected chi connectivity index (χ2v) is 3.32.